The maximum atomic E-state index is 5.69. The van der Waals surface area contributed by atoms with E-state index in [2.05, 4.69) is 20.2 Å². The van der Waals surface area contributed by atoms with Gasteiger partial charge in [0.2, 0.25) is 0 Å². The number of aromatic amines is 1. The van der Waals surface area contributed by atoms with Crippen LogP contribution in [-0.2, 0) is 5.88 Å². The first-order valence-electron chi connectivity index (χ1n) is 5.20. The van der Waals surface area contributed by atoms with Crippen LogP contribution in [0.1, 0.15) is 5.82 Å². The van der Waals surface area contributed by atoms with Gasteiger partial charge >= 0.3 is 0 Å². The molecule has 0 spiro atoms. The molecule has 1 N–H and O–H groups in total. The maximum absolute atomic E-state index is 5.69. The fourth-order valence-electron chi connectivity index (χ4n) is 1.76. The summed E-state index contributed by atoms with van der Waals surface area (Å²) >= 11 is 5.69. The van der Waals surface area contributed by atoms with Gasteiger partial charge in [0, 0.05) is 11.6 Å². The van der Waals surface area contributed by atoms with Crippen molar-refractivity contribution < 1.29 is 0 Å². The molecule has 0 unspecified atom stereocenters. The molecule has 0 amide bonds. The van der Waals surface area contributed by atoms with Gasteiger partial charge in [-0.25, -0.2) is 4.98 Å². The zero-order chi connectivity index (χ0) is 11.7. The van der Waals surface area contributed by atoms with E-state index in [0.717, 1.165) is 16.5 Å². The molecule has 0 saturated heterocycles. The number of aromatic nitrogens is 4. The van der Waals surface area contributed by atoms with Crippen LogP contribution in [0.5, 0.6) is 0 Å². The molecule has 0 aliphatic rings. The molecule has 2 heterocycles. The van der Waals surface area contributed by atoms with Crippen molar-refractivity contribution in [1.29, 1.82) is 0 Å². The lowest BCUT2D eigenvalue weighted by Gasteiger charge is -2.00. The van der Waals surface area contributed by atoms with Gasteiger partial charge in [-0.1, -0.05) is 24.3 Å². The third kappa shape index (κ3) is 1.76. The van der Waals surface area contributed by atoms with Crippen molar-refractivity contribution in [3.05, 3.63) is 42.4 Å². The van der Waals surface area contributed by atoms with Crippen LogP contribution in [0.4, 0.5) is 0 Å². The van der Waals surface area contributed by atoms with E-state index < -0.39 is 0 Å². The minimum Gasteiger partial charge on any atom is -0.262 e. The summed E-state index contributed by atoms with van der Waals surface area (Å²) in [5.74, 6) is 1.55. The number of H-pyrrole nitrogens is 1. The fraction of sp³-hybridized carbons (Fsp3) is 0.0833. The molecule has 0 aliphatic carbocycles. The van der Waals surface area contributed by atoms with E-state index in [9.17, 15) is 0 Å². The first-order chi connectivity index (χ1) is 8.38. The second kappa shape index (κ2) is 4.14. The van der Waals surface area contributed by atoms with Crippen LogP contribution in [0.3, 0.4) is 0 Å². The van der Waals surface area contributed by atoms with Crippen molar-refractivity contribution in [2.24, 2.45) is 0 Å². The van der Waals surface area contributed by atoms with Crippen LogP contribution >= 0.6 is 11.6 Å². The summed E-state index contributed by atoms with van der Waals surface area (Å²) in [5.41, 5.74) is 0.774. The van der Waals surface area contributed by atoms with Gasteiger partial charge in [-0.15, -0.1) is 11.6 Å². The Hall–Kier alpha value is -1.94. The van der Waals surface area contributed by atoms with Crippen molar-refractivity contribution in [1.82, 2.24) is 20.2 Å². The van der Waals surface area contributed by atoms with Crippen molar-refractivity contribution >= 4 is 22.4 Å². The predicted molar refractivity (Wildman–Crippen MR) is 66.7 cm³/mol. The Kier molecular flexibility index (Phi) is 2.49. The lowest BCUT2D eigenvalue weighted by Crippen LogP contribution is -1.88. The quantitative estimate of drug-likeness (QED) is 0.706. The molecule has 0 bridgehead atoms. The summed E-state index contributed by atoms with van der Waals surface area (Å²) in [6, 6.07) is 9.98. The second-order valence-corrected chi connectivity index (χ2v) is 3.89. The van der Waals surface area contributed by atoms with Crippen LogP contribution in [0, 0.1) is 0 Å². The van der Waals surface area contributed by atoms with E-state index in [0.29, 0.717) is 17.5 Å². The summed E-state index contributed by atoms with van der Waals surface area (Å²) in [4.78, 5) is 8.62. The molecule has 0 radical (unpaired) electrons. The van der Waals surface area contributed by atoms with E-state index in [4.69, 9.17) is 11.6 Å². The Morgan fingerprint density at radius 3 is 2.88 bits per heavy atom. The molecule has 0 aliphatic heterocycles. The number of hydrogen-bond acceptors (Lipinski definition) is 3. The number of nitrogens with one attached hydrogen (secondary N) is 1. The maximum Gasteiger partial charge on any atom is 0.200 e. The number of hydrogen-bond donors (Lipinski definition) is 1. The number of rotatable bonds is 2. The molecule has 84 valence electrons. The lowest BCUT2D eigenvalue weighted by molar-refractivity contribution is 1.02. The monoisotopic (exact) mass is 244 g/mol. The highest BCUT2D eigenvalue weighted by Crippen LogP contribution is 2.23. The van der Waals surface area contributed by atoms with Gasteiger partial charge in [-0.05, 0) is 11.5 Å². The zero-order valence-corrected chi connectivity index (χ0v) is 9.65. The highest BCUT2D eigenvalue weighted by Gasteiger charge is 2.09. The van der Waals surface area contributed by atoms with E-state index in [1.807, 2.05) is 30.3 Å². The standard InChI is InChI=1S/C12H9ClN4/c13-7-10-15-12(17-16-10)11-9-4-2-1-3-8(9)5-6-14-11/h1-6H,7H2,(H,15,16,17). The van der Waals surface area contributed by atoms with Crippen LogP contribution in [-0.4, -0.2) is 20.2 Å². The molecule has 5 heteroatoms. The van der Waals surface area contributed by atoms with E-state index in [1.54, 1.807) is 6.20 Å². The molecule has 0 fully saturated rings. The molecular formula is C12H9ClN4. The minimum absolute atomic E-state index is 0.317. The third-order valence-corrected chi connectivity index (χ3v) is 2.80. The first kappa shape index (κ1) is 10.2. The lowest BCUT2D eigenvalue weighted by atomic mass is 10.1. The molecule has 0 saturated carbocycles. The first-order valence-corrected chi connectivity index (χ1v) is 5.73. The number of pyridine rings is 1. The number of alkyl halides is 1. The Morgan fingerprint density at radius 2 is 2.06 bits per heavy atom. The van der Waals surface area contributed by atoms with E-state index >= 15 is 0 Å². The molecule has 3 rings (SSSR count). The van der Waals surface area contributed by atoms with Gasteiger partial charge in [0.25, 0.3) is 0 Å². The molecular weight excluding hydrogens is 236 g/mol. The smallest absolute Gasteiger partial charge is 0.200 e. The number of benzene rings is 1. The summed E-state index contributed by atoms with van der Waals surface area (Å²) in [5, 5.41) is 9.07. The van der Waals surface area contributed by atoms with Crippen LogP contribution in [0.2, 0.25) is 0 Å². The summed E-state index contributed by atoms with van der Waals surface area (Å²) in [7, 11) is 0. The number of halogens is 1. The highest BCUT2D eigenvalue weighted by atomic mass is 35.5. The molecule has 3 aromatic rings. The highest BCUT2D eigenvalue weighted by molar-refractivity contribution is 6.16. The van der Waals surface area contributed by atoms with Crippen molar-refractivity contribution in [2.45, 2.75) is 5.88 Å². The minimum atomic E-state index is 0.317. The van der Waals surface area contributed by atoms with Gasteiger partial charge in [0.15, 0.2) is 5.82 Å². The largest absolute Gasteiger partial charge is 0.262 e. The molecule has 0 atom stereocenters. The number of nitrogens with zero attached hydrogens (tertiary/aromatic N) is 3. The molecule has 4 nitrogen and oxygen atoms in total. The van der Waals surface area contributed by atoms with Crippen molar-refractivity contribution in [3.8, 4) is 11.5 Å². The summed E-state index contributed by atoms with van der Waals surface area (Å²) in [6.07, 6.45) is 1.76. The Morgan fingerprint density at radius 1 is 1.18 bits per heavy atom. The van der Waals surface area contributed by atoms with Crippen LogP contribution in [0.15, 0.2) is 36.5 Å². The van der Waals surface area contributed by atoms with Gasteiger partial charge < -0.3 is 0 Å². The second-order valence-electron chi connectivity index (χ2n) is 3.62. The number of fused-ring (bicyclic) bond motifs is 1. The van der Waals surface area contributed by atoms with Crippen LogP contribution in [0.25, 0.3) is 22.3 Å². The summed E-state index contributed by atoms with van der Waals surface area (Å²) in [6.45, 7) is 0. The molecule has 1 aromatic carbocycles. The Labute approximate surface area is 103 Å². The normalized spacial score (nSPS) is 10.9. The fourth-order valence-corrected chi connectivity index (χ4v) is 1.88. The Bertz CT molecular complexity index is 657. The van der Waals surface area contributed by atoms with Crippen LogP contribution < -0.4 is 0 Å². The third-order valence-electron chi connectivity index (χ3n) is 2.54. The van der Waals surface area contributed by atoms with Gasteiger partial charge in [-0.2, -0.15) is 5.10 Å². The van der Waals surface area contributed by atoms with E-state index in [-0.39, 0.29) is 0 Å². The average molecular weight is 245 g/mol. The predicted octanol–water partition coefficient (Wildman–Crippen LogP) is 2.76. The molecule has 2 aromatic heterocycles. The van der Waals surface area contributed by atoms with Gasteiger partial charge in [0.1, 0.15) is 11.5 Å². The average Bonchev–Trinajstić information content (AvgIpc) is 2.87. The van der Waals surface area contributed by atoms with E-state index in [1.165, 1.54) is 0 Å². The SMILES string of the molecule is ClCc1nc(-c2nccc3ccccc23)n[nH]1. The van der Waals surface area contributed by atoms with Crippen molar-refractivity contribution in [3.63, 3.8) is 0 Å². The van der Waals surface area contributed by atoms with Gasteiger partial charge in [-0.3, -0.25) is 10.1 Å². The summed E-state index contributed by atoms with van der Waals surface area (Å²) < 4.78 is 0. The van der Waals surface area contributed by atoms with Gasteiger partial charge in [0.05, 0.1) is 5.88 Å². The van der Waals surface area contributed by atoms with Crippen molar-refractivity contribution in [2.75, 3.05) is 0 Å². The topological polar surface area (TPSA) is 54.5 Å². The zero-order valence-electron chi connectivity index (χ0n) is 8.89. The molecule has 17 heavy (non-hydrogen) atoms. The Balaban J connectivity index is 2.23.